The SMILES string of the molecule is CC(C)Sc1nnc(NC(=O)[C@H]2CCCN(S(=O)(=O)CCCc3ccccc3)C2)s1. The largest absolute Gasteiger partial charge is 0.300 e. The Morgan fingerprint density at radius 3 is 2.80 bits per heavy atom. The van der Waals surface area contributed by atoms with Gasteiger partial charge in [0.25, 0.3) is 0 Å². The Bertz CT molecular complexity index is 932. The van der Waals surface area contributed by atoms with E-state index < -0.39 is 10.0 Å². The van der Waals surface area contributed by atoms with E-state index in [-0.39, 0.29) is 24.1 Å². The number of rotatable bonds is 9. The lowest BCUT2D eigenvalue weighted by atomic mass is 9.99. The monoisotopic (exact) mass is 468 g/mol. The van der Waals surface area contributed by atoms with Crippen molar-refractivity contribution in [2.45, 2.75) is 49.1 Å². The molecule has 164 valence electrons. The van der Waals surface area contributed by atoms with Gasteiger partial charge in [0, 0.05) is 18.3 Å². The van der Waals surface area contributed by atoms with Crippen LogP contribution in [0.1, 0.15) is 38.7 Å². The zero-order valence-corrected chi connectivity index (χ0v) is 19.7. The molecular formula is C20H28N4O3S3. The average Bonchev–Trinajstić information content (AvgIpc) is 3.14. The molecule has 1 N–H and O–H groups in total. The predicted molar refractivity (Wildman–Crippen MR) is 122 cm³/mol. The van der Waals surface area contributed by atoms with Crippen molar-refractivity contribution in [1.82, 2.24) is 14.5 Å². The third kappa shape index (κ3) is 6.76. The first-order valence-electron chi connectivity index (χ1n) is 10.2. The summed E-state index contributed by atoms with van der Waals surface area (Å²) in [5.74, 6) is -0.452. The Balaban J connectivity index is 1.52. The van der Waals surface area contributed by atoms with E-state index >= 15 is 0 Å². The van der Waals surface area contributed by atoms with Gasteiger partial charge in [-0.3, -0.25) is 4.79 Å². The van der Waals surface area contributed by atoms with Crippen molar-refractivity contribution in [3.8, 4) is 0 Å². The van der Waals surface area contributed by atoms with Crippen LogP contribution < -0.4 is 5.32 Å². The molecule has 1 aliphatic heterocycles. The highest BCUT2D eigenvalue weighted by Crippen LogP contribution is 2.29. The third-order valence-corrected chi connectivity index (χ3v) is 8.68. The highest BCUT2D eigenvalue weighted by Gasteiger charge is 2.32. The Morgan fingerprint density at radius 1 is 1.30 bits per heavy atom. The summed E-state index contributed by atoms with van der Waals surface area (Å²) in [4.78, 5) is 12.7. The first kappa shape index (κ1) is 23.2. The molecule has 0 unspecified atom stereocenters. The van der Waals surface area contributed by atoms with Gasteiger partial charge in [0.1, 0.15) is 0 Å². The summed E-state index contributed by atoms with van der Waals surface area (Å²) in [6, 6.07) is 9.88. The molecule has 1 aromatic heterocycles. The molecule has 1 aromatic carbocycles. The maximum absolute atomic E-state index is 12.8. The number of sulfonamides is 1. The fraction of sp³-hybridized carbons (Fsp3) is 0.550. The smallest absolute Gasteiger partial charge is 0.230 e. The number of aromatic nitrogens is 2. The van der Waals surface area contributed by atoms with Crippen LogP contribution in [0.5, 0.6) is 0 Å². The second kappa shape index (κ2) is 10.7. The van der Waals surface area contributed by atoms with Crippen LogP contribution in [0.3, 0.4) is 0 Å². The number of carbonyl (C=O) groups excluding carboxylic acids is 1. The minimum absolute atomic E-state index is 0.0996. The maximum Gasteiger partial charge on any atom is 0.230 e. The van der Waals surface area contributed by atoms with E-state index in [1.807, 2.05) is 30.3 Å². The van der Waals surface area contributed by atoms with E-state index in [2.05, 4.69) is 29.4 Å². The summed E-state index contributed by atoms with van der Waals surface area (Å²) in [6.45, 7) is 4.85. The fourth-order valence-corrected chi connectivity index (χ4v) is 6.92. The van der Waals surface area contributed by atoms with E-state index in [9.17, 15) is 13.2 Å². The van der Waals surface area contributed by atoms with Gasteiger partial charge in [-0.15, -0.1) is 10.2 Å². The number of nitrogens with zero attached hydrogens (tertiary/aromatic N) is 3. The number of thioether (sulfide) groups is 1. The van der Waals surface area contributed by atoms with Crippen molar-refractivity contribution in [3.63, 3.8) is 0 Å². The van der Waals surface area contributed by atoms with Gasteiger partial charge in [-0.25, -0.2) is 12.7 Å². The summed E-state index contributed by atoms with van der Waals surface area (Å²) in [6.07, 6.45) is 2.65. The lowest BCUT2D eigenvalue weighted by molar-refractivity contribution is -0.120. The molecule has 0 saturated carbocycles. The minimum atomic E-state index is -3.38. The first-order valence-corrected chi connectivity index (χ1v) is 13.5. The lowest BCUT2D eigenvalue weighted by Crippen LogP contribution is -2.44. The summed E-state index contributed by atoms with van der Waals surface area (Å²) >= 11 is 2.94. The number of carbonyl (C=O) groups is 1. The molecular weight excluding hydrogens is 440 g/mol. The van der Waals surface area contributed by atoms with Crippen molar-refractivity contribution in [2.75, 3.05) is 24.2 Å². The second-order valence-corrected chi connectivity index (χ2v) is 12.5. The Morgan fingerprint density at radius 2 is 2.07 bits per heavy atom. The van der Waals surface area contributed by atoms with Gasteiger partial charge in [-0.2, -0.15) is 0 Å². The number of aryl methyl sites for hydroxylation is 1. The molecule has 2 aromatic rings. The van der Waals surface area contributed by atoms with E-state index in [4.69, 9.17) is 0 Å². The van der Waals surface area contributed by atoms with Crippen molar-refractivity contribution in [2.24, 2.45) is 5.92 Å². The van der Waals surface area contributed by atoms with Gasteiger partial charge in [-0.05, 0) is 31.2 Å². The number of piperidine rings is 1. The lowest BCUT2D eigenvalue weighted by Gasteiger charge is -2.31. The Hall–Kier alpha value is -1.49. The van der Waals surface area contributed by atoms with Crippen LogP contribution in [0.15, 0.2) is 34.7 Å². The summed E-state index contributed by atoms with van der Waals surface area (Å²) in [7, 11) is -3.38. The highest BCUT2D eigenvalue weighted by molar-refractivity contribution is 8.01. The van der Waals surface area contributed by atoms with E-state index in [0.717, 1.165) is 16.3 Å². The van der Waals surface area contributed by atoms with Crippen molar-refractivity contribution >= 4 is 44.2 Å². The molecule has 0 spiro atoms. The summed E-state index contributed by atoms with van der Waals surface area (Å²) in [5, 5.41) is 11.8. The fourth-order valence-electron chi connectivity index (χ4n) is 3.36. The third-order valence-electron chi connectivity index (χ3n) is 4.83. The molecule has 1 atom stereocenters. The zero-order valence-electron chi connectivity index (χ0n) is 17.3. The van der Waals surface area contributed by atoms with Crippen LogP contribution in [0.4, 0.5) is 5.13 Å². The molecule has 1 amide bonds. The number of nitrogens with one attached hydrogen (secondary N) is 1. The van der Waals surface area contributed by atoms with Gasteiger partial charge in [0.2, 0.25) is 21.1 Å². The van der Waals surface area contributed by atoms with Crippen molar-refractivity contribution in [3.05, 3.63) is 35.9 Å². The van der Waals surface area contributed by atoms with Crippen LogP contribution >= 0.6 is 23.1 Å². The number of amides is 1. The normalized spacial score (nSPS) is 17.9. The molecule has 0 aliphatic carbocycles. The molecule has 30 heavy (non-hydrogen) atoms. The Labute approximate surface area is 186 Å². The quantitative estimate of drug-likeness (QED) is 0.446. The molecule has 2 heterocycles. The molecule has 7 nitrogen and oxygen atoms in total. The van der Waals surface area contributed by atoms with Gasteiger partial charge in [0.15, 0.2) is 4.34 Å². The minimum Gasteiger partial charge on any atom is -0.300 e. The number of benzene rings is 1. The van der Waals surface area contributed by atoms with Crippen molar-refractivity contribution in [1.29, 1.82) is 0 Å². The molecule has 1 fully saturated rings. The van der Waals surface area contributed by atoms with E-state index in [0.29, 0.717) is 36.2 Å². The second-order valence-electron chi connectivity index (χ2n) is 7.63. The standard InChI is InChI=1S/C20H28N4O3S3/c1-15(2)28-20-23-22-19(29-20)21-18(25)17-11-6-12-24(14-17)30(26,27)13-7-10-16-8-4-3-5-9-16/h3-5,8-9,15,17H,6-7,10-14H2,1-2H3,(H,21,22,25)/t17-/m0/s1. The molecule has 1 aliphatic rings. The zero-order chi connectivity index (χ0) is 21.6. The van der Waals surface area contributed by atoms with Crippen LogP contribution in [0.25, 0.3) is 0 Å². The molecule has 10 heteroatoms. The van der Waals surface area contributed by atoms with Crippen LogP contribution in [0, 0.1) is 5.92 Å². The predicted octanol–water partition coefficient (Wildman–Crippen LogP) is 3.65. The molecule has 0 radical (unpaired) electrons. The van der Waals surface area contributed by atoms with Gasteiger partial charge >= 0.3 is 0 Å². The van der Waals surface area contributed by atoms with E-state index in [1.54, 1.807) is 11.8 Å². The van der Waals surface area contributed by atoms with E-state index in [1.165, 1.54) is 15.6 Å². The molecule has 1 saturated heterocycles. The number of hydrogen-bond acceptors (Lipinski definition) is 7. The van der Waals surface area contributed by atoms with Gasteiger partial charge in [0.05, 0.1) is 11.7 Å². The average molecular weight is 469 g/mol. The molecule has 0 bridgehead atoms. The van der Waals surface area contributed by atoms with Gasteiger partial charge in [-0.1, -0.05) is 67.3 Å². The number of hydrogen-bond donors (Lipinski definition) is 1. The Kier molecular flexibility index (Phi) is 8.27. The summed E-state index contributed by atoms with van der Waals surface area (Å²) in [5.41, 5.74) is 1.13. The van der Waals surface area contributed by atoms with Crippen LogP contribution in [-0.4, -0.2) is 52.9 Å². The van der Waals surface area contributed by atoms with Crippen molar-refractivity contribution < 1.29 is 13.2 Å². The first-order chi connectivity index (χ1) is 14.3. The topological polar surface area (TPSA) is 92.3 Å². The summed E-state index contributed by atoms with van der Waals surface area (Å²) < 4.78 is 27.8. The van der Waals surface area contributed by atoms with Gasteiger partial charge < -0.3 is 5.32 Å². The van der Waals surface area contributed by atoms with Crippen LogP contribution in [0.2, 0.25) is 0 Å². The molecule has 3 rings (SSSR count). The maximum atomic E-state index is 12.8. The number of anilines is 1. The highest BCUT2D eigenvalue weighted by atomic mass is 32.2. The van der Waals surface area contributed by atoms with Crippen LogP contribution in [-0.2, 0) is 21.2 Å².